The van der Waals surface area contributed by atoms with Crippen LogP contribution >= 0.6 is 0 Å². The summed E-state index contributed by atoms with van der Waals surface area (Å²) in [6.07, 6.45) is 6.14. The average molecular weight is 388 g/mol. The van der Waals surface area contributed by atoms with Crippen LogP contribution in [0.2, 0.25) is 0 Å². The van der Waals surface area contributed by atoms with Gasteiger partial charge in [0.15, 0.2) is 0 Å². The topological polar surface area (TPSA) is 78.1 Å². The predicted molar refractivity (Wildman–Crippen MR) is 114 cm³/mol. The number of aromatic nitrogens is 2. The number of amides is 2. The van der Waals surface area contributed by atoms with Crippen molar-refractivity contribution in [3.8, 4) is 0 Å². The Labute approximate surface area is 169 Å². The maximum absolute atomic E-state index is 12.7. The highest BCUT2D eigenvalue weighted by atomic mass is 16.2. The number of fused-ring (bicyclic) bond motifs is 2. The number of H-pyrrole nitrogens is 1. The summed E-state index contributed by atoms with van der Waals surface area (Å²) < 4.78 is 0. The van der Waals surface area contributed by atoms with E-state index in [0.29, 0.717) is 18.7 Å². The molecular weight excluding hydrogens is 364 g/mol. The molecule has 6 heteroatoms. The second kappa shape index (κ2) is 7.54. The van der Waals surface area contributed by atoms with E-state index in [-0.39, 0.29) is 17.9 Å². The molecule has 0 aliphatic carbocycles. The van der Waals surface area contributed by atoms with Crippen molar-refractivity contribution in [2.24, 2.45) is 0 Å². The van der Waals surface area contributed by atoms with Gasteiger partial charge < -0.3 is 15.2 Å². The van der Waals surface area contributed by atoms with Crippen LogP contribution < -0.4 is 5.32 Å². The number of nitrogens with one attached hydrogen (secondary N) is 2. The monoisotopic (exact) mass is 388 g/mol. The molecule has 4 rings (SSSR count). The fraction of sp³-hybridized carbons (Fsp3) is 0.261. The third-order valence-corrected chi connectivity index (χ3v) is 5.64. The lowest BCUT2D eigenvalue weighted by atomic mass is 10.0. The van der Waals surface area contributed by atoms with Gasteiger partial charge in [-0.05, 0) is 55.2 Å². The number of benzene rings is 1. The van der Waals surface area contributed by atoms with Gasteiger partial charge in [-0.3, -0.25) is 9.59 Å². The van der Waals surface area contributed by atoms with Crippen LogP contribution in [0.25, 0.3) is 17.0 Å². The van der Waals surface area contributed by atoms with E-state index < -0.39 is 0 Å². The van der Waals surface area contributed by atoms with E-state index in [1.54, 1.807) is 23.2 Å². The van der Waals surface area contributed by atoms with Crippen molar-refractivity contribution < 1.29 is 9.59 Å². The van der Waals surface area contributed by atoms with Crippen LogP contribution in [0.1, 0.15) is 41.8 Å². The number of carbonyl (C=O) groups is 2. The normalized spacial score (nSPS) is 14.7. The predicted octanol–water partition coefficient (Wildman–Crippen LogP) is 3.99. The van der Waals surface area contributed by atoms with Gasteiger partial charge in [0.2, 0.25) is 11.8 Å². The molecule has 0 bridgehead atoms. The Morgan fingerprint density at radius 2 is 2.07 bits per heavy atom. The van der Waals surface area contributed by atoms with Gasteiger partial charge in [0.1, 0.15) is 5.82 Å². The van der Waals surface area contributed by atoms with Gasteiger partial charge in [0.25, 0.3) is 0 Å². The summed E-state index contributed by atoms with van der Waals surface area (Å²) in [4.78, 5) is 33.7. The Morgan fingerprint density at radius 1 is 1.28 bits per heavy atom. The van der Waals surface area contributed by atoms with Crippen LogP contribution in [0, 0.1) is 6.92 Å². The number of hydrogen-bond donors (Lipinski definition) is 2. The van der Waals surface area contributed by atoms with Crippen molar-refractivity contribution >= 4 is 34.6 Å². The number of anilines is 1. The lowest BCUT2D eigenvalue weighted by Crippen LogP contribution is -2.28. The first kappa shape index (κ1) is 18.9. The first-order valence-corrected chi connectivity index (χ1v) is 9.75. The van der Waals surface area contributed by atoms with Crippen molar-refractivity contribution in [2.75, 3.05) is 12.4 Å². The fourth-order valence-electron chi connectivity index (χ4n) is 3.76. The summed E-state index contributed by atoms with van der Waals surface area (Å²) in [5, 5.41) is 3.95. The number of hydrogen-bond acceptors (Lipinski definition) is 3. The molecule has 1 atom stereocenters. The molecule has 0 radical (unpaired) electrons. The largest absolute Gasteiger partial charge is 0.356 e. The van der Waals surface area contributed by atoms with Crippen molar-refractivity contribution in [1.29, 1.82) is 0 Å². The number of aromatic amines is 1. The van der Waals surface area contributed by atoms with Crippen LogP contribution in [0.4, 0.5) is 5.82 Å². The number of likely N-dealkylation sites (N-methyl/N-ethyl adjacent to an activating group) is 1. The van der Waals surface area contributed by atoms with Gasteiger partial charge in [0, 0.05) is 42.3 Å². The molecule has 1 aliphatic heterocycles. The van der Waals surface area contributed by atoms with Crippen LogP contribution in [-0.2, 0) is 16.0 Å². The van der Waals surface area contributed by atoms with E-state index in [1.807, 2.05) is 38.2 Å². The van der Waals surface area contributed by atoms with Crippen LogP contribution in [0.5, 0.6) is 0 Å². The molecule has 2 N–H and O–H groups in total. The molecule has 0 spiro atoms. The third-order valence-electron chi connectivity index (χ3n) is 5.64. The number of pyridine rings is 1. The Kier molecular flexibility index (Phi) is 4.92. The van der Waals surface area contributed by atoms with E-state index in [1.165, 1.54) is 5.39 Å². The Bertz CT molecular complexity index is 1130. The Morgan fingerprint density at radius 3 is 2.86 bits per heavy atom. The number of rotatable bonds is 4. The third kappa shape index (κ3) is 3.66. The summed E-state index contributed by atoms with van der Waals surface area (Å²) in [5.41, 5.74) is 5.13. The minimum absolute atomic E-state index is 0.00801. The molecule has 1 aromatic carbocycles. The average Bonchev–Trinajstić information content (AvgIpc) is 3.07. The molecule has 0 saturated carbocycles. The molecule has 1 aliphatic rings. The first-order valence-electron chi connectivity index (χ1n) is 9.75. The lowest BCUT2D eigenvalue weighted by molar-refractivity contribution is -0.126. The molecule has 1 unspecified atom stereocenters. The van der Waals surface area contributed by atoms with E-state index in [9.17, 15) is 9.59 Å². The molecule has 148 valence electrons. The number of nitrogens with zero attached hydrogens (tertiary/aromatic N) is 2. The van der Waals surface area contributed by atoms with E-state index in [0.717, 1.165) is 27.9 Å². The molecule has 0 saturated heterocycles. The zero-order chi connectivity index (χ0) is 20.5. The molecule has 6 nitrogen and oxygen atoms in total. The summed E-state index contributed by atoms with van der Waals surface area (Å²) in [6, 6.07) is 10.0. The highest BCUT2D eigenvalue weighted by Crippen LogP contribution is 2.28. The van der Waals surface area contributed by atoms with Crippen molar-refractivity contribution in [3.05, 3.63) is 65.0 Å². The molecule has 0 fully saturated rings. The highest BCUT2D eigenvalue weighted by Gasteiger charge is 2.20. The maximum Gasteiger partial charge on any atom is 0.246 e. The lowest BCUT2D eigenvalue weighted by Gasteiger charge is -2.24. The summed E-state index contributed by atoms with van der Waals surface area (Å²) in [6.45, 7) is 4.10. The van der Waals surface area contributed by atoms with Gasteiger partial charge in [-0.1, -0.05) is 18.2 Å². The molecule has 2 aromatic heterocycles. The number of para-hydroxylation sites is 1. The van der Waals surface area contributed by atoms with Gasteiger partial charge >= 0.3 is 0 Å². The van der Waals surface area contributed by atoms with E-state index in [4.69, 9.17) is 0 Å². The van der Waals surface area contributed by atoms with Crippen molar-refractivity contribution in [1.82, 2.24) is 14.9 Å². The van der Waals surface area contributed by atoms with Gasteiger partial charge in [0.05, 0.1) is 6.04 Å². The SMILES string of the molecule is Cc1c(C(C)N(C)C(=O)C=Cc2cnc3c(c2)CCC(=O)N3)[nH]c2ccccc12. The van der Waals surface area contributed by atoms with Crippen molar-refractivity contribution in [3.63, 3.8) is 0 Å². The highest BCUT2D eigenvalue weighted by molar-refractivity contribution is 5.94. The molecule has 3 heterocycles. The van der Waals surface area contributed by atoms with Crippen LogP contribution in [-0.4, -0.2) is 33.7 Å². The minimum atomic E-state index is -0.0866. The summed E-state index contributed by atoms with van der Waals surface area (Å²) in [7, 11) is 1.81. The fourth-order valence-corrected chi connectivity index (χ4v) is 3.76. The number of aryl methyl sites for hydroxylation is 2. The van der Waals surface area contributed by atoms with E-state index >= 15 is 0 Å². The zero-order valence-corrected chi connectivity index (χ0v) is 16.8. The summed E-state index contributed by atoms with van der Waals surface area (Å²) >= 11 is 0. The molecule has 29 heavy (non-hydrogen) atoms. The van der Waals surface area contributed by atoms with Crippen LogP contribution in [0.15, 0.2) is 42.6 Å². The zero-order valence-electron chi connectivity index (χ0n) is 16.8. The second-order valence-electron chi connectivity index (χ2n) is 7.49. The molecule has 2 amide bonds. The van der Waals surface area contributed by atoms with Crippen LogP contribution in [0.3, 0.4) is 0 Å². The standard InChI is InChI=1S/C23H24N4O2/c1-14-18-6-4-5-7-19(18)25-22(14)15(2)27(3)21(29)11-8-16-12-17-9-10-20(28)26-23(17)24-13-16/h4-8,11-13,15,25H,9-10H2,1-3H3,(H,24,26,28). The quantitative estimate of drug-likeness (QED) is 0.664. The van der Waals surface area contributed by atoms with Gasteiger partial charge in [-0.2, -0.15) is 0 Å². The first-order chi connectivity index (χ1) is 13.9. The molecular formula is C23H24N4O2. The van der Waals surface area contributed by atoms with Crippen molar-refractivity contribution in [2.45, 2.75) is 32.7 Å². The Balaban J connectivity index is 1.50. The number of carbonyl (C=O) groups excluding carboxylic acids is 2. The van der Waals surface area contributed by atoms with E-state index in [2.05, 4.69) is 28.3 Å². The molecule has 3 aromatic rings. The second-order valence-corrected chi connectivity index (χ2v) is 7.49. The maximum atomic E-state index is 12.7. The van der Waals surface area contributed by atoms with Gasteiger partial charge in [-0.25, -0.2) is 4.98 Å². The Hall–Kier alpha value is -3.41. The summed E-state index contributed by atoms with van der Waals surface area (Å²) in [5.74, 6) is 0.526. The van der Waals surface area contributed by atoms with Gasteiger partial charge in [-0.15, -0.1) is 0 Å². The smallest absolute Gasteiger partial charge is 0.246 e. The minimum Gasteiger partial charge on any atom is -0.356 e.